The number of aliphatic hydroxyl groups excluding tert-OH is 1. The molecule has 0 aliphatic carbocycles. The molecule has 1 aromatic rings. The highest BCUT2D eigenvalue weighted by Crippen LogP contribution is 2.25. The van der Waals surface area contributed by atoms with Crippen LogP contribution in [0, 0.1) is 5.92 Å². The van der Waals surface area contributed by atoms with Crippen molar-refractivity contribution in [3.63, 3.8) is 0 Å². The van der Waals surface area contributed by atoms with Crippen LogP contribution in [-0.2, 0) is 16.4 Å². The summed E-state index contributed by atoms with van der Waals surface area (Å²) in [4.78, 5) is 0.381. The maximum atomic E-state index is 12.7. The van der Waals surface area contributed by atoms with Gasteiger partial charge >= 0.3 is 0 Å². The largest absolute Gasteiger partial charge is 0.396 e. The van der Waals surface area contributed by atoms with Gasteiger partial charge in [-0.3, -0.25) is 0 Å². The van der Waals surface area contributed by atoms with Gasteiger partial charge in [0.25, 0.3) is 0 Å². The minimum Gasteiger partial charge on any atom is -0.396 e. The number of benzene rings is 1. The Labute approximate surface area is 127 Å². The molecule has 1 fully saturated rings. The van der Waals surface area contributed by atoms with Crippen molar-refractivity contribution in [2.75, 3.05) is 19.7 Å². The lowest BCUT2D eigenvalue weighted by molar-refractivity contribution is 0.261. The summed E-state index contributed by atoms with van der Waals surface area (Å²) in [7, 11) is -3.36. The van der Waals surface area contributed by atoms with Gasteiger partial charge in [-0.05, 0) is 49.3 Å². The Kier molecular flexibility index (Phi) is 5.79. The monoisotopic (exact) mass is 311 g/mol. The Balaban J connectivity index is 2.11. The number of nitrogens with zero attached hydrogens (tertiary/aromatic N) is 1. The van der Waals surface area contributed by atoms with E-state index in [1.807, 2.05) is 12.1 Å². The van der Waals surface area contributed by atoms with E-state index in [9.17, 15) is 8.42 Å². The van der Waals surface area contributed by atoms with Crippen LogP contribution >= 0.6 is 0 Å². The summed E-state index contributed by atoms with van der Waals surface area (Å²) in [5.74, 6) is 0.484. The molecule has 118 valence electrons. The predicted molar refractivity (Wildman–Crippen MR) is 83.6 cm³/mol. The van der Waals surface area contributed by atoms with Crippen molar-refractivity contribution < 1.29 is 13.5 Å². The van der Waals surface area contributed by atoms with Crippen molar-refractivity contribution in [1.82, 2.24) is 4.31 Å². The molecule has 4 nitrogen and oxygen atoms in total. The fourth-order valence-electron chi connectivity index (χ4n) is 2.84. The topological polar surface area (TPSA) is 57.6 Å². The van der Waals surface area contributed by atoms with Crippen molar-refractivity contribution in [2.45, 2.75) is 43.9 Å². The molecule has 1 saturated heterocycles. The van der Waals surface area contributed by atoms with Gasteiger partial charge in [0.05, 0.1) is 4.90 Å². The van der Waals surface area contributed by atoms with E-state index in [-0.39, 0.29) is 6.61 Å². The Morgan fingerprint density at radius 2 is 2.00 bits per heavy atom. The van der Waals surface area contributed by atoms with E-state index in [4.69, 9.17) is 5.11 Å². The summed E-state index contributed by atoms with van der Waals surface area (Å²) in [5, 5.41) is 8.83. The molecule has 1 aliphatic rings. The Bertz CT molecular complexity index is 539. The predicted octanol–water partition coefficient (Wildman–Crippen LogP) is 2.42. The molecule has 1 heterocycles. The van der Waals surface area contributed by atoms with E-state index in [1.54, 1.807) is 16.4 Å². The van der Waals surface area contributed by atoms with E-state index < -0.39 is 10.0 Å². The van der Waals surface area contributed by atoms with Crippen LogP contribution in [0.15, 0.2) is 29.2 Å². The third kappa shape index (κ3) is 4.05. The van der Waals surface area contributed by atoms with Crippen LogP contribution in [0.25, 0.3) is 0 Å². The van der Waals surface area contributed by atoms with Crippen molar-refractivity contribution in [3.05, 3.63) is 29.8 Å². The van der Waals surface area contributed by atoms with Crippen molar-refractivity contribution in [3.8, 4) is 0 Å². The average Bonchev–Trinajstić information content (AvgIpc) is 2.53. The molecule has 0 radical (unpaired) electrons. The summed E-state index contributed by atoms with van der Waals surface area (Å²) < 4.78 is 27.0. The zero-order chi connectivity index (χ0) is 15.3. The molecule has 0 aromatic heterocycles. The number of sulfonamides is 1. The van der Waals surface area contributed by atoms with E-state index in [0.717, 1.165) is 31.2 Å². The lowest BCUT2D eigenvalue weighted by Gasteiger charge is -2.31. The maximum absolute atomic E-state index is 12.7. The van der Waals surface area contributed by atoms with Gasteiger partial charge in [-0.2, -0.15) is 4.31 Å². The van der Waals surface area contributed by atoms with Crippen LogP contribution < -0.4 is 0 Å². The van der Waals surface area contributed by atoms with Gasteiger partial charge in [0.1, 0.15) is 0 Å². The molecule has 1 unspecified atom stereocenters. The molecule has 1 atom stereocenters. The Morgan fingerprint density at radius 3 is 2.62 bits per heavy atom. The molecule has 0 spiro atoms. The van der Waals surface area contributed by atoms with Crippen molar-refractivity contribution >= 4 is 10.0 Å². The Morgan fingerprint density at radius 1 is 1.29 bits per heavy atom. The molecule has 0 bridgehead atoms. The van der Waals surface area contributed by atoms with Crippen LogP contribution in [0.5, 0.6) is 0 Å². The second-order valence-electron chi connectivity index (χ2n) is 5.75. The first-order valence-electron chi connectivity index (χ1n) is 7.78. The van der Waals surface area contributed by atoms with Crippen LogP contribution in [0.4, 0.5) is 0 Å². The summed E-state index contributed by atoms with van der Waals surface area (Å²) in [6.07, 6.45) is 4.59. The number of aryl methyl sites for hydroxylation is 1. The van der Waals surface area contributed by atoms with Crippen molar-refractivity contribution in [1.29, 1.82) is 0 Å². The molecule has 5 heteroatoms. The summed E-state index contributed by atoms with van der Waals surface area (Å²) in [6.45, 7) is 3.55. The first kappa shape index (κ1) is 16.5. The highest BCUT2D eigenvalue weighted by molar-refractivity contribution is 7.89. The average molecular weight is 311 g/mol. The summed E-state index contributed by atoms with van der Waals surface area (Å²) in [6, 6.07) is 7.09. The van der Waals surface area contributed by atoms with Gasteiger partial charge in [0, 0.05) is 19.7 Å². The first-order chi connectivity index (χ1) is 10.1. The van der Waals surface area contributed by atoms with Crippen LogP contribution in [0.1, 0.15) is 38.2 Å². The lowest BCUT2D eigenvalue weighted by atomic mass is 9.97. The highest BCUT2D eigenvalue weighted by atomic mass is 32.2. The number of hydrogen-bond acceptors (Lipinski definition) is 3. The van der Waals surface area contributed by atoms with Gasteiger partial charge in [0.15, 0.2) is 0 Å². The van der Waals surface area contributed by atoms with E-state index in [2.05, 4.69) is 6.92 Å². The Hall–Kier alpha value is -0.910. The number of aliphatic hydroxyl groups is 1. The molecular weight excluding hydrogens is 286 g/mol. The minimum atomic E-state index is -3.36. The number of hydrogen-bond donors (Lipinski definition) is 1. The summed E-state index contributed by atoms with van der Waals surface area (Å²) in [5.41, 5.74) is 1.06. The normalized spacial score (nSPS) is 20.6. The lowest BCUT2D eigenvalue weighted by Crippen LogP contribution is -2.39. The number of rotatable bonds is 6. The smallest absolute Gasteiger partial charge is 0.243 e. The fourth-order valence-corrected chi connectivity index (χ4v) is 4.39. The molecule has 1 aliphatic heterocycles. The molecule has 2 rings (SSSR count). The molecule has 1 N–H and O–H groups in total. The van der Waals surface area contributed by atoms with Gasteiger partial charge < -0.3 is 5.11 Å². The number of piperidine rings is 1. The van der Waals surface area contributed by atoms with Crippen LogP contribution in [-0.4, -0.2) is 37.5 Å². The molecule has 0 saturated carbocycles. The molecule has 0 amide bonds. The highest BCUT2D eigenvalue weighted by Gasteiger charge is 2.29. The van der Waals surface area contributed by atoms with Gasteiger partial charge in [0.2, 0.25) is 10.0 Å². The van der Waals surface area contributed by atoms with Crippen LogP contribution in [0.3, 0.4) is 0 Å². The van der Waals surface area contributed by atoms with Gasteiger partial charge in [-0.25, -0.2) is 8.42 Å². The quantitative estimate of drug-likeness (QED) is 0.878. The molecule has 21 heavy (non-hydrogen) atoms. The van der Waals surface area contributed by atoms with Gasteiger partial charge in [-0.15, -0.1) is 0 Å². The molecular formula is C16H25NO3S. The van der Waals surface area contributed by atoms with E-state index in [1.165, 1.54) is 0 Å². The summed E-state index contributed by atoms with van der Waals surface area (Å²) >= 11 is 0. The fraction of sp³-hybridized carbons (Fsp3) is 0.625. The zero-order valence-electron chi connectivity index (χ0n) is 12.7. The van der Waals surface area contributed by atoms with E-state index in [0.29, 0.717) is 30.3 Å². The first-order valence-corrected chi connectivity index (χ1v) is 9.22. The SMILES string of the molecule is CCC1CCCN(S(=O)(=O)c2ccc(CCCO)cc2)C1. The van der Waals surface area contributed by atoms with E-state index >= 15 is 0 Å². The van der Waals surface area contributed by atoms with Gasteiger partial charge in [-0.1, -0.05) is 25.5 Å². The maximum Gasteiger partial charge on any atom is 0.243 e. The second kappa shape index (κ2) is 7.38. The third-order valence-corrected chi connectivity index (χ3v) is 6.12. The molecule has 1 aromatic carbocycles. The standard InChI is InChI=1S/C16H25NO3S/c1-2-14-5-3-11-17(13-14)21(19,20)16-9-7-15(8-10-16)6-4-12-18/h7-10,14,18H,2-6,11-13H2,1H3. The third-order valence-electron chi connectivity index (χ3n) is 4.24. The zero-order valence-corrected chi connectivity index (χ0v) is 13.5. The second-order valence-corrected chi connectivity index (χ2v) is 7.69. The van der Waals surface area contributed by atoms with Crippen molar-refractivity contribution in [2.24, 2.45) is 5.92 Å². The minimum absolute atomic E-state index is 0.159. The van der Waals surface area contributed by atoms with Crippen LogP contribution in [0.2, 0.25) is 0 Å².